The Hall–Kier alpha value is -1.27. The number of ether oxygens (including phenoxy) is 2. The van der Waals surface area contributed by atoms with E-state index in [1.807, 2.05) is 20.8 Å². The van der Waals surface area contributed by atoms with Crippen molar-refractivity contribution < 1.29 is 14.3 Å². The van der Waals surface area contributed by atoms with Crippen molar-refractivity contribution in [2.75, 3.05) is 0 Å². The zero-order valence-electron chi connectivity index (χ0n) is 13.4. The zero-order chi connectivity index (χ0) is 17.0. The van der Waals surface area contributed by atoms with Crippen LogP contribution in [0.3, 0.4) is 0 Å². The van der Waals surface area contributed by atoms with E-state index in [1.54, 1.807) is 0 Å². The lowest BCUT2D eigenvalue weighted by Gasteiger charge is -2.29. The quantitative estimate of drug-likeness (QED) is 0.823. The molecule has 1 aliphatic carbocycles. The summed E-state index contributed by atoms with van der Waals surface area (Å²) in [7, 11) is 0. The third-order valence-electron chi connectivity index (χ3n) is 3.31. The van der Waals surface area contributed by atoms with E-state index in [0.717, 1.165) is 25.7 Å². The van der Waals surface area contributed by atoms with Crippen LogP contribution in [0.5, 0.6) is 6.01 Å². The molecule has 0 spiro atoms. The standard InChI is InChI=1S/C15H21Cl2N3O3/c1-15(2,3)23-14(21)18-9-4-6-10(7-5-9)22-13-19-11(16)8-12(17)20-13/h8-10H,4-7H2,1-3H3,(H,18,21)/t9-,10-. The van der Waals surface area contributed by atoms with E-state index in [1.165, 1.54) is 6.07 Å². The van der Waals surface area contributed by atoms with Crippen LogP contribution in [0.2, 0.25) is 10.3 Å². The molecular formula is C15H21Cl2N3O3. The first kappa shape index (κ1) is 18.1. The van der Waals surface area contributed by atoms with Crippen molar-refractivity contribution in [1.82, 2.24) is 15.3 Å². The lowest BCUT2D eigenvalue weighted by molar-refractivity contribution is 0.0467. The van der Waals surface area contributed by atoms with Crippen LogP contribution in [0.15, 0.2) is 6.07 Å². The van der Waals surface area contributed by atoms with Crippen molar-refractivity contribution in [3.63, 3.8) is 0 Å². The van der Waals surface area contributed by atoms with E-state index in [0.29, 0.717) is 0 Å². The average molecular weight is 362 g/mol. The smallest absolute Gasteiger partial charge is 0.407 e. The van der Waals surface area contributed by atoms with Gasteiger partial charge in [0, 0.05) is 12.1 Å². The van der Waals surface area contributed by atoms with E-state index in [-0.39, 0.29) is 34.6 Å². The minimum Gasteiger partial charge on any atom is -0.460 e. The van der Waals surface area contributed by atoms with Gasteiger partial charge in [-0.05, 0) is 46.5 Å². The van der Waals surface area contributed by atoms with Gasteiger partial charge in [0.25, 0.3) is 0 Å². The molecule has 1 N–H and O–H groups in total. The topological polar surface area (TPSA) is 73.3 Å². The molecule has 0 aliphatic heterocycles. The molecule has 1 aromatic heterocycles. The van der Waals surface area contributed by atoms with Gasteiger partial charge in [-0.2, -0.15) is 9.97 Å². The van der Waals surface area contributed by atoms with E-state index >= 15 is 0 Å². The summed E-state index contributed by atoms with van der Waals surface area (Å²) in [4.78, 5) is 19.7. The number of halogens is 2. The lowest BCUT2D eigenvalue weighted by atomic mass is 9.93. The van der Waals surface area contributed by atoms with Crippen LogP contribution in [0, 0.1) is 0 Å². The number of carbonyl (C=O) groups excluding carboxylic acids is 1. The Balaban J connectivity index is 1.78. The molecular weight excluding hydrogens is 341 g/mol. The summed E-state index contributed by atoms with van der Waals surface area (Å²) in [6.07, 6.45) is 2.78. The molecule has 8 heteroatoms. The number of nitrogens with zero attached hydrogens (tertiary/aromatic N) is 2. The molecule has 0 aromatic carbocycles. The van der Waals surface area contributed by atoms with E-state index in [9.17, 15) is 4.79 Å². The van der Waals surface area contributed by atoms with Gasteiger partial charge in [0.2, 0.25) is 0 Å². The largest absolute Gasteiger partial charge is 0.460 e. The molecule has 1 amide bonds. The molecule has 0 radical (unpaired) electrons. The molecule has 1 aromatic rings. The summed E-state index contributed by atoms with van der Waals surface area (Å²) in [5.74, 6) is 0. The Labute approximate surface area is 145 Å². The van der Waals surface area contributed by atoms with Crippen molar-refractivity contribution in [3.05, 3.63) is 16.4 Å². The molecule has 1 fully saturated rings. The Kier molecular flexibility index (Phi) is 5.92. The van der Waals surface area contributed by atoms with Gasteiger partial charge in [-0.25, -0.2) is 4.79 Å². The highest BCUT2D eigenvalue weighted by Gasteiger charge is 2.26. The minimum atomic E-state index is -0.492. The van der Waals surface area contributed by atoms with Crippen LogP contribution >= 0.6 is 23.2 Å². The van der Waals surface area contributed by atoms with Crippen molar-refractivity contribution in [2.45, 2.75) is 64.2 Å². The first-order chi connectivity index (χ1) is 10.7. The summed E-state index contributed by atoms with van der Waals surface area (Å²) in [5.41, 5.74) is -0.492. The van der Waals surface area contributed by atoms with Crippen molar-refractivity contribution in [3.8, 4) is 6.01 Å². The fourth-order valence-electron chi connectivity index (χ4n) is 2.37. The fourth-order valence-corrected chi connectivity index (χ4v) is 2.78. The van der Waals surface area contributed by atoms with Crippen molar-refractivity contribution in [1.29, 1.82) is 0 Å². The molecule has 0 bridgehead atoms. The highest BCUT2D eigenvalue weighted by atomic mass is 35.5. The second kappa shape index (κ2) is 7.53. The first-order valence-corrected chi connectivity index (χ1v) is 8.33. The molecule has 0 unspecified atom stereocenters. The van der Waals surface area contributed by atoms with Crippen LogP contribution in [0.4, 0.5) is 4.79 Å². The van der Waals surface area contributed by atoms with Gasteiger partial charge in [-0.1, -0.05) is 23.2 Å². The number of amides is 1. The van der Waals surface area contributed by atoms with Gasteiger partial charge < -0.3 is 14.8 Å². The van der Waals surface area contributed by atoms with E-state index < -0.39 is 5.60 Å². The number of hydrogen-bond donors (Lipinski definition) is 1. The number of aromatic nitrogens is 2. The maximum Gasteiger partial charge on any atom is 0.407 e. The minimum absolute atomic E-state index is 0.0128. The van der Waals surface area contributed by atoms with Crippen LogP contribution < -0.4 is 10.1 Å². The zero-order valence-corrected chi connectivity index (χ0v) is 14.9. The molecule has 0 atom stereocenters. The Morgan fingerprint density at radius 1 is 1.17 bits per heavy atom. The van der Waals surface area contributed by atoms with Crippen molar-refractivity contribution in [2.24, 2.45) is 0 Å². The van der Waals surface area contributed by atoms with Crippen LogP contribution in [-0.4, -0.2) is 33.8 Å². The van der Waals surface area contributed by atoms with Crippen molar-refractivity contribution >= 4 is 29.3 Å². The van der Waals surface area contributed by atoms with Crippen LogP contribution in [-0.2, 0) is 4.74 Å². The number of hydrogen-bond acceptors (Lipinski definition) is 5. The summed E-state index contributed by atoms with van der Waals surface area (Å²) in [6, 6.07) is 1.73. The molecule has 1 heterocycles. The number of nitrogens with one attached hydrogen (secondary N) is 1. The number of alkyl carbamates (subject to hydrolysis) is 1. The monoisotopic (exact) mass is 361 g/mol. The van der Waals surface area contributed by atoms with Crippen LogP contribution in [0.1, 0.15) is 46.5 Å². The molecule has 23 heavy (non-hydrogen) atoms. The summed E-state index contributed by atoms with van der Waals surface area (Å²) in [6.45, 7) is 5.52. The van der Waals surface area contributed by atoms with E-state index in [2.05, 4.69) is 15.3 Å². The second-order valence-electron chi connectivity index (χ2n) is 6.53. The Morgan fingerprint density at radius 3 is 2.26 bits per heavy atom. The third kappa shape index (κ3) is 6.39. The maximum absolute atomic E-state index is 11.8. The number of rotatable bonds is 3. The highest BCUT2D eigenvalue weighted by Crippen LogP contribution is 2.24. The van der Waals surface area contributed by atoms with Gasteiger partial charge >= 0.3 is 12.1 Å². The molecule has 1 aliphatic rings. The predicted octanol–water partition coefficient (Wildman–Crippen LogP) is 4.00. The SMILES string of the molecule is CC(C)(C)OC(=O)N[C@H]1CC[C@H](Oc2nc(Cl)cc(Cl)n2)CC1. The normalized spacial score (nSPS) is 21.6. The molecule has 2 rings (SSSR count). The first-order valence-electron chi connectivity index (χ1n) is 7.57. The molecule has 1 saturated carbocycles. The molecule has 6 nitrogen and oxygen atoms in total. The second-order valence-corrected chi connectivity index (χ2v) is 7.31. The average Bonchev–Trinajstić information content (AvgIpc) is 2.37. The van der Waals surface area contributed by atoms with E-state index in [4.69, 9.17) is 32.7 Å². The Bertz CT molecular complexity index is 535. The van der Waals surface area contributed by atoms with Gasteiger partial charge in [0.1, 0.15) is 22.0 Å². The maximum atomic E-state index is 11.8. The van der Waals surface area contributed by atoms with Gasteiger partial charge in [-0.15, -0.1) is 0 Å². The van der Waals surface area contributed by atoms with Gasteiger partial charge in [0.05, 0.1) is 0 Å². The summed E-state index contributed by atoms with van der Waals surface area (Å²) in [5, 5.41) is 3.39. The van der Waals surface area contributed by atoms with Gasteiger partial charge in [-0.3, -0.25) is 0 Å². The fraction of sp³-hybridized carbons (Fsp3) is 0.667. The molecule has 128 valence electrons. The van der Waals surface area contributed by atoms with Crippen LogP contribution in [0.25, 0.3) is 0 Å². The number of carbonyl (C=O) groups is 1. The Morgan fingerprint density at radius 2 is 1.74 bits per heavy atom. The molecule has 0 saturated heterocycles. The predicted molar refractivity (Wildman–Crippen MR) is 88.1 cm³/mol. The lowest BCUT2D eigenvalue weighted by Crippen LogP contribution is -2.42. The van der Waals surface area contributed by atoms with Gasteiger partial charge in [0.15, 0.2) is 0 Å². The third-order valence-corrected chi connectivity index (χ3v) is 3.70. The summed E-state index contributed by atoms with van der Waals surface area (Å²) < 4.78 is 11.0. The summed E-state index contributed by atoms with van der Waals surface area (Å²) >= 11 is 11.6. The highest BCUT2D eigenvalue weighted by molar-refractivity contribution is 6.33.